The first-order chi connectivity index (χ1) is 8.54. The van der Waals surface area contributed by atoms with Crippen LogP contribution in [0.15, 0.2) is 4.42 Å². The highest BCUT2D eigenvalue weighted by atomic mass is 16.4. The summed E-state index contributed by atoms with van der Waals surface area (Å²) in [5, 5.41) is 11.4. The van der Waals surface area contributed by atoms with Crippen molar-refractivity contribution >= 4 is 6.01 Å². The van der Waals surface area contributed by atoms with E-state index in [0.29, 0.717) is 30.4 Å². The molecule has 1 rings (SSSR count). The van der Waals surface area contributed by atoms with Gasteiger partial charge < -0.3 is 14.6 Å². The Labute approximate surface area is 110 Å². The van der Waals surface area contributed by atoms with Gasteiger partial charge in [0.25, 0.3) is 0 Å². The molecule has 1 heterocycles. The minimum absolute atomic E-state index is 0.423. The van der Waals surface area contributed by atoms with Gasteiger partial charge in [0.05, 0.1) is 6.54 Å². The van der Waals surface area contributed by atoms with Crippen LogP contribution in [0.4, 0.5) is 6.01 Å². The second kappa shape index (κ2) is 7.36. The third-order valence-corrected chi connectivity index (χ3v) is 2.95. The summed E-state index contributed by atoms with van der Waals surface area (Å²) in [5.74, 6) is 1.28. The summed E-state index contributed by atoms with van der Waals surface area (Å²) in [6, 6.07) is 1.03. The SMILES string of the molecule is CCCC(C)N(C)c1nnc(CNCC(C)C)o1. The van der Waals surface area contributed by atoms with Crippen LogP contribution in [-0.2, 0) is 6.54 Å². The lowest BCUT2D eigenvalue weighted by Crippen LogP contribution is -2.28. The van der Waals surface area contributed by atoms with Crippen LogP contribution in [0.5, 0.6) is 0 Å². The van der Waals surface area contributed by atoms with E-state index in [1.165, 1.54) is 0 Å². The van der Waals surface area contributed by atoms with E-state index in [0.717, 1.165) is 19.4 Å². The van der Waals surface area contributed by atoms with Gasteiger partial charge in [-0.3, -0.25) is 0 Å². The molecule has 0 saturated heterocycles. The lowest BCUT2D eigenvalue weighted by Gasteiger charge is -2.21. The number of aromatic nitrogens is 2. The van der Waals surface area contributed by atoms with Gasteiger partial charge in [-0.1, -0.05) is 32.3 Å². The molecule has 1 atom stereocenters. The zero-order valence-corrected chi connectivity index (χ0v) is 12.2. The van der Waals surface area contributed by atoms with Crippen molar-refractivity contribution in [2.75, 3.05) is 18.5 Å². The molecule has 0 radical (unpaired) electrons. The fraction of sp³-hybridized carbons (Fsp3) is 0.846. The number of nitrogens with zero attached hydrogens (tertiary/aromatic N) is 3. The first-order valence-electron chi connectivity index (χ1n) is 6.80. The van der Waals surface area contributed by atoms with Crippen LogP contribution in [0.1, 0.15) is 46.4 Å². The molecule has 5 heteroatoms. The Bertz CT molecular complexity index is 337. The number of nitrogens with one attached hydrogen (secondary N) is 1. The maximum atomic E-state index is 5.64. The van der Waals surface area contributed by atoms with Gasteiger partial charge >= 0.3 is 6.01 Å². The molecule has 0 aliphatic carbocycles. The average molecular weight is 254 g/mol. The largest absolute Gasteiger partial charge is 0.407 e. The van der Waals surface area contributed by atoms with Gasteiger partial charge in [-0.05, 0) is 25.8 Å². The van der Waals surface area contributed by atoms with Crippen LogP contribution in [0, 0.1) is 5.92 Å². The summed E-state index contributed by atoms with van der Waals surface area (Å²) in [4.78, 5) is 2.04. The Balaban J connectivity index is 2.46. The third kappa shape index (κ3) is 4.64. The number of hydrogen-bond donors (Lipinski definition) is 1. The highest BCUT2D eigenvalue weighted by molar-refractivity contribution is 5.23. The summed E-state index contributed by atoms with van der Waals surface area (Å²) in [6.07, 6.45) is 2.28. The molecule has 104 valence electrons. The first kappa shape index (κ1) is 15.0. The molecule has 0 spiro atoms. The predicted octanol–water partition coefficient (Wildman–Crippen LogP) is 2.44. The molecule has 0 aromatic carbocycles. The van der Waals surface area contributed by atoms with Gasteiger partial charge in [0.15, 0.2) is 0 Å². The molecular weight excluding hydrogens is 228 g/mol. The Morgan fingerprint density at radius 1 is 1.28 bits per heavy atom. The van der Waals surface area contributed by atoms with Crippen molar-refractivity contribution in [3.8, 4) is 0 Å². The van der Waals surface area contributed by atoms with Gasteiger partial charge in [-0.15, -0.1) is 5.10 Å². The van der Waals surface area contributed by atoms with E-state index >= 15 is 0 Å². The summed E-state index contributed by atoms with van der Waals surface area (Å²) in [7, 11) is 2.00. The van der Waals surface area contributed by atoms with Crippen molar-refractivity contribution in [1.82, 2.24) is 15.5 Å². The summed E-state index contributed by atoms with van der Waals surface area (Å²) >= 11 is 0. The summed E-state index contributed by atoms with van der Waals surface area (Å²) < 4.78 is 5.64. The number of hydrogen-bond acceptors (Lipinski definition) is 5. The predicted molar refractivity (Wildman–Crippen MR) is 73.6 cm³/mol. The monoisotopic (exact) mass is 254 g/mol. The van der Waals surface area contributed by atoms with Crippen molar-refractivity contribution in [2.24, 2.45) is 5.92 Å². The fourth-order valence-corrected chi connectivity index (χ4v) is 1.73. The quantitative estimate of drug-likeness (QED) is 0.772. The highest BCUT2D eigenvalue weighted by Crippen LogP contribution is 2.15. The van der Waals surface area contributed by atoms with Crippen molar-refractivity contribution in [1.29, 1.82) is 0 Å². The average Bonchev–Trinajstić information content (AvgIpc) is 2.76. The van der Waals surface area contributed by atoms with Gasteiger partial charge in [0, 0.05) is 13.1 Å². The molecule has 5 nitrogen and oxygen atoms in total. The Hall–Kier alpha value is -1.10. The van der Waals surface area contributed by atoms with Gasteiger partial charge in [0.1, 0.15) is 0 Å². The topological polar surface area (TPSA) is 54.2 Å². The van der Waals surface area contributed by atoms with E-state index in [1.807, 2.05) is 11.9 Å². The maximum absolute atomic E-state index is 5.64. The normalized spacial score (nSPS) is 13.0. The molecule has 0 aliphatic heterocycles. The molecular formula is C13H26N4O. The van der Waals surface area contributed by atoms with Crippen LogP contribution in [0.25, 0.3) is 0 Å². The molecule has 18 heavy (non-hydrogen) atoms. The van der Waals surface area contributed by atoms with Crippen molar-refractivity contribution in [3.63, 3.8) is 0 Å². The minimum atomic E-state index is 0.423. The van der Waals surface area contributed by atoms with Crippen LogP contribution in [0.3, 0.4) is 0 Å². The van der Waals surface area contributed by atoms with E-state index in [1.54, 1.807) is 0 Å². The fourth-order valence-electron chi connectivity index (χ4n) is 1.73. The zero-order chi connectivity index (χ0) is 13.5. The van der Waals surface area contributed by atoms with Crippen LogP contribution in [0.2, 0.25) is 0 Å². The van der Waals surface area contributed by atoms with E-state index in [-0.39, 0.29) is 0 Å². The van der Waals surface area contributed by atoms with Gasteiger partial charge in [-0.25, -0.2) is 0 Å². The summed E-state index contributed by atoms with van der Waals surface area (Å²) in [6.45, 7) is 10.3. The molecule has 1 N–H and O–H groups in total. The lowest BCUT2D eigenvalue weighted by molar-refractivity contribution is 0.440. The first-order valence-corrected chi connectivity index (χ1v) is 6.80. The molecule has 0 amide bonds. The van der Waals surface area contributed by atoms with Crippen molar-refractivity contribution in [2.45, 2.75) is 53.1 Å². The van der Waals surface area contributed by atoms with Crippen molar-refractivity contribution < 1.29 is 4.42 Å². The van der Waals surface area contributed by atoms with E-state index in [4.69, 9.17) is 4.42 Å². The molecule has 0 saturated carbocycles. The molecule has 1 aromatic heterocycles. The number of rotatable bonds is 8. The van der Waals surface area contributed by atoms with Gasteiger partial charge in [0.2, 0.25) is 5.89 Å². The number of anilines is 1. The van der Waals surface area contributed by atoms with E-state index in [2.05, 4.69) is 43.2 Å². The van der Waals surface area contributed by atoms with Crippen molar-refractivity contribution in [3.05, 3.63) is 5.89 Å². The maximum Gasteiger partial charge on any atom is 0.318 e. The Kier molecular flexibility index (Phi) is 6.12. The Morgan fingerprint density at radius 2 is 2.00 bits per heavy atom. The molecule has 0 bridgehead atoms. The Morgan fingerprint density at radius 3 is 2.61 bits per heavy atom. The van der Waals surface area contributed by atoms with Crippen LogP contribution >= 0.6 is 0 Å². The molecule has 0 aliphatic rings. The molecule has 0 fully saturated rings. The second-order valence-corrected chi connectivity index (χ2v) is 5.25. The smallest absolute Gasteiger partial charge is 0.318 e. The van der Waals surface area contributed by atoms with E-state index in [9.17, 15) is 0 Å². The standard InChI is InChI=1S/C13H26N4O/c1-6-7-11(4)17(5)13-16-15-12(18-13)9-14-8-10(2)3/h10-11,14H,6-9H2,1-5H3. The molecule has 1 unspecified atom stereocenters. The van der Waals surface area contributed by atoms with E-state index < -0.39 is 0 Å². The minimum Gasteiger partial charge on any atom is -0.407 e. The van der Waals surface area contributed by atoms with Crippen LogP contribution in [-0.4, -0.2) is 29.8 Å². The summed E-state index contributed by atoms with van der Waals surface area (Å²) in [5.41, 5.74) is 0. The second-order valence-electron chi connectivity index (χ2n) is 5.25. The van der Waals surface area contributed by atoms with Crippen LogP contribution < -0.4 is 10.2 Å². The molecule has 1 aromatic rings. The third-order valence-electron chi connectivity index (χ3n) is 2.95. The van der Waals surface area contributed by atoms with Gasteiger partial charge in [-0.2, -0.15) is 0 Å². The highest BCUT2D eigenvalue weighted by Gasteiger charge is 2.15. The lowest BCUT2D eigenvalue weighted by atomic mass is 10.2. The zero-order valence-electron chi connectivity index (χ0n) is 12.2.